The Balaban J connectivity index is 1.86. The van der Waals surface area contributed by atoms with E-state index in [1.165, 1.54) is 0 Å². The molecular formula is C15H9O3. The van der Waals surface area contributed by atoms with Gasteiger partial charge >= 0.3 is 0 Å². The van der Waals surface area contributed by atoms with Crippen LogP contribution < -0.4 is 9.47 Å². The van der Waals surface area contributed by atoms with E-state index in [0.717, 1.165) is 33.8 Å². The van der Waals surface area contributed by atoms with Crippen molar-refractivity contribution in [1.29, 1.82) is 0 Å². The molecule has 3 nitrogen and oxygen atoms in total. The van der Waals surface area contributed by atoms with Crippen LogP contribution in [0.3, 0.4) is 0 Å². The average Bonchev–Trinajstić information content (AvgIpc) is 3.04. The van der Waals surface area contributed by atoms with E-state index in [0.29, 0.717) is 0 Å². The standard InChI is InChI=1S/C15H9O3/c1-2-4-12-10(3-1)7-14(18-12)11-5-6-13-15(8-11)17-9-16-13/h1-6,8H,9H2. The van der Waals surface area contributed by atoms with E-state index in [2.05, 4.69) is 6.07 Å². The molecule has 3 aromatic rings. The number of hydrogen-bond acceptors (Lipinski definition) is 3. The first kappa shape index (κ1) is 9.59. The van der Waals surface area contributed by atoms with Crippen LogP contribution in [0.25, 0.3) is 22.3 Å². The third-order valence-corrected chi connectivity index (χ3v) is 2.98. The lowest BCUT2D eigenvalue weighted by atomic mass is 10.1. The number of hydrogen-bond donors (Lipinski definition) is 0. The maximum atomic E-state index is 5.76. The Kier molecular flexibility index (Phi) is 1.88. The van der Waals surface area contributed by atoms with Gasteiger partial charge in [-0.1, -0.05) is 18.2 Å². The second kappa shape index (κ2) is 3.53. The van der Waals surface area contributed by atoms with Crippen molar-refractivity contribution in [2.24, 2.45) is 0 Å². The van der Waals surface area contributed by atoms with Gasteiger partial charge in [-0.15, -0.1) is 0 Å². The van der Waals surface area contributed by atoms with Gasteiger partial charge in [-0.25, -0.2) is 0 Å². The van der Waals surface area contributed by atoms with E-state index in [1.807, 2.05) is 42.5 Å². The molecule has 0 fully saturated rings. The molecule has 0 atom stereocenters. The Hall–Kier alpha value is -2.42. The Labute approximate surface area is 104 Å². The van der Waals surface area contributed by atoms with Crippen LogP contribution in [0.15, 0.2) is 46.9 Å². The smallest absolute Gasteiger partial charge is 0.231 e. The minimum absolute atomic E-state index is 0.280. The maximum Gasteiger partial charge on any atom is 0.231 e. The summed E-state index contributed by atoms with van der Waals surface area (Å²) in [7, 11) is 0. The first-order chi connectivity index (χ1) is 8.90. The quantitative estimate of drug-likeness (QED) is 0.647. The van der Waals surface area contributed by atoms with Gasteiger partial charge in [0.1, 0.15) is 11.3 Å². The van der Waals surface area contributed by atoms with Crippen LogP contribution in [0.1, 0.15) is 0 Å². The van der Waals surface area contributed by atoms with E-state index in [9.17, 15) is 0 Å². The fourth-order valence-corrected chi connectivity index (χ4v) is 2.09. The Bertz CT molecular complexity index is 694. The van der Waals surface area contributed by atoms with Crippen LogP contribution in [0.4, 0.5) is 0 Å². The average molecular weight is 237 g/mol. The molecule has 18 heavy (non-hydrogen) atoms. The van der Waals surface area contributed by atoms with Crippen LogP contribution in [0, 0.1) is 6.07 Å². The number of furan rings is 1. The third kappa shape index (κ3) is 1.37. The molecule has 2 heterocycles. The highest BCUT2D eigenvalue weighted by Gasteiger charge is 2.15. The molecule has 0 saturated carbocycles. The zero-order chi connectivity index (χ0) is 11.9. The molecule has 4 rings (SSSR count). The molecule has 0 aliphatic carbocycles. The first-order valence-corrected chi connectivity index (χ1v) is 5.71. The highest BCUT2D eigenvalue weighted by Crippen LogP contribution is 2.37. The van der Waals surface area contributed by atoms with Crippen molar-refractivity contribution in [2.75, 3.05) is 6.79 Å². The Morgan fingerprint density at radius 1 is 0.944 bits per heavy atom. The topological polar surface area (TPSA) is 31.6 Å². The van der Waals surface area contributed by atoms with Crippen LogP contribution in [-0.4, -0.2) is 6.79 Å². The van der Waals surface area contributed by atoms with Crippen molar-refractivity contribution < 1.29 is 13.9 Å². The molecule has 0 bridgehead atoms. The summed E-state index contributed by atoms with van der Waals surface area (Å²) in [6.45, 7) is 0.280. The highest BCUT2D eigenvalue weighted by molar-refractivity contribution is 5.82. The van der Waals surface area contributed by atoms with Crippen molar-refractivity contribution >= 4 is 11.0 Å². The number of para-hydroxylation sites is 1. The molecule has 1 aliphatic heterocycles. The van der Waals surface area contributed by atoms with Gasteiger partial charge in [-0.05, 0) is 24.3 Å². The Morgan fingerprint density at radius 2 is 1.83 bits per heavy atom. The summed E-state index contributed by atoms with van der Waals surface area (Å²) in [5, 5.41) is 0.977. The van der Waals surface area contributed by atoms with Gasteiger partial charge < -0.3 is 13.9 Å². The molecule has 3 heteroatoms. The lowest BCUT2D eigenvalue weighted by Gasteiger charge is -1.98. The van der Waals surface area contributed by atoms with Crippen molar-refractivity contribution in [3.8, 4) is 22.8 Å². The summed E-state index contributed by atoms with van der Waals surface area (Å²) in [4.78, 5) is 0. The van der Waals surface area contributed by atoms with E-state index >= 15 is 0 Å². The maximum absolute atomic E-state index is 5.76. The SMILES string of the molecule is [c]1c(-c2ccc3c(c2)OCO3)oc2ccccc12. The summed E-state index contributed by atoms with van der Waals surface area (Å²) in [5.74, 6) is 2.24. The number of rotatable bonds is 1. The van der Waals surface area contributed by atoms with Crippen LogP contribution >= 0.6 is 0 Å². The predicted molar refractivity (Wildman–Crippen MR) is 66.6 cm³/mol. The zero-order valence-corrected chi connectivity index (χ0v) is 9.47. The van der Waals surface area contributed by atoms with Crippen molar-refractivity contribution in [1.82, 2.24) is 0 Å². The van der Waals surface area contributed by atoms with Gasteiger partial charge in [0.15, 0.2) is 11.5 Å². The highest BCUT2D eigenvalue weighted by atomic mass is 16.7. The van der Waals surface area contributed by atoms with Gasteiger partial charge in [0.05, 0.1) is 0 Å². The summed E-state index contributed by atoms with van der Waals surface area (Å²) < 4.78 is 16.4. The van der Waals surface area contributed by atoms with Crippen LogP contribution in [0.5, 0.6) is 11.5 Å². The molecule has 1 radical (unpaired) electrons. The minimum Gasteiger partial charge on any atom is -0.455 e. The molecule has 0 N–H and O–H groups in total. The molecule has 0 saturated heterocycles. The summed E-state index contributed by atoms with van der Waals surface area (Å²) in [6.07, 6.45) is 0. The van der Waals surface area contributed by atoms with Crippen molar-refractivity contribution in [3.63, 3.8) is 0 Å². The molecular weight excluding hydrogens is 228 g/mol. The molecule has 0 amide bonds. The van der Waals surface area contributed by atoms with Gasteiger partial charge in [-0.2, -0.15) is 0 Å². The lowest BCUT2D eigenvalue weighted by Crippen LogP contribution is -1.92. The molecule has 2 aromatic carbocycles. The first-order valence-electron chi connectivity index (χ1n) is 5.71. The number of fused-ring (bicyclic) bond motifs is 2. The summed E-state index contributed by atoms with van der Waals surface area (Å²) >= 11 is 0. The second-order valence-electron chi connectivity index (χ2n) is 4.12. The second-order valence-corrected chi connectivity index (χ2v) is 4.12. The van der Waals surface area contributed by atoms with Gasteiger partial charge in [0, 0.05) is 17.0 Å². The van der Waals surface area contributed by atoms with Crippen molar-refractivity contribution in [2.45, 2.75) is 0 Å². The van der Waals surface area contributed by atoms with E-state index < -0.39 is 0 Å². The van der Waals surface area contributed by atoms with E-state index in [4.69, 9.17) is 13.9 Å². The molecule has 1 aliphatic rings. The summed E-state index contributed by atoms with van der Waals surface area (Å²) in [5.41, 5.74) is 1.78. The number of benzene rings is 2. The van der Waals surface area contributed by atoms with E-state index in [1.54, 1.807) is 0 Å². The predicted octanol–water partition coefficient (Wildman–Crippen LogP) is 3.63. The third-order valence-electron chi connectivity index (χ3n) is 2.98. The van der Waals surface area contributed by atoms with Crippen LogP contribution in [0.2, 0.25) is 0 Å². The van der Waals surface area contributed by atoms with Gasteiger partial charge in [-0.3, -0.25) is 0 Å². The number of ether oxygens (including phenoxy) is 2. The summed E-state index contributed by atoms with van der Waals surface area (Å²) in [6, 6.07) is 16.8. The monoisotopic (exact) mass is 237 g/mol. The molecule has 0 unspecified atom stereocenters. The van der Waals surface area contributed by atoms with Gasteiger partial charge in [0.2, 0.25) is 6.79 Å². The van der Waals surface area contributed by atoms with Crippen LogP contribution in [-0.2, 0) is 0 Å². The molecule has 1 aromatic heterocycles. The zero-order valence-electron chi connectivity index (χ0n) is 9.47. The Morgan fingerprint density at radius 3 is 2.78 bits per heavy atom. The fraction of sp³-hybridized carbons (Fsp3) is 0.0667. The molecule has 0 spiro atoms. The minimum atomic E-state index is 0.280. The lowest BCUT2D eigenvalue weighted by molar-refractivity contribution is 0.174. The molecule has 87 valence electrons. The fourth-order valence-electron chi connectivity index (χ4n) is 2.09. The van der Waals surface area contributed by atoms with Gasteiger partial charge in [0.25, 0.3) is 0 Å². The van der Waals surface area contributed by atoms with Crippen molar-refractivity contribution in [3.05, 3.63) is 48.5 Å². The largest absolute Gasteiger partial charge is 0.455 e. The van der Waals surface area contributed by atoms with E-state index in [-0.39, 0.29) is 6.79 Å². The normalized spacial score (nSPS) is 13.1.